The number of hydrogen-bond donors (Lipinski definition) is 1. The van der Waals surface area contributed by atoms with E-state index in [1.54, 1.807) is 13.1 Å². The maximum atomic E-state index is 9.74. The third-order valence-electron chi connectivity index (χ3n) is 4.45. The molecule has 3 rings (SSSR count). The summed E-state index contributed by atoms with van der Waals surface area (Å²) in [5, 5.41) is 9.74. The van der Waals surface area contributed by atoms with Crippen molar-refractivity contribution < 1.29 is 14.6 Å². The van der Waals surface area contributed by atoms with Gasteiger partial charge in [0.1, 0.15) is 11.9 Å². The Kier molecular flexibility index (Phi) is 5.54. The average molecular weight is 375 g/mol. The Balaban J connectivity index is 1.85. The molecular weight excluding hydrogens is 350 g/mol. The van der Waals surface area contributed by atoms with Gasteiger partial charge in [-0.1, -0.05) is 0 Å². The molecule has 146 valence electrons. The van der Waals surface area contributed by atoms with Gasteiger partial charge >= 0.3 is 12.0 Å². The quantitative estimate of drug-likeness (QED) is 0.807. The second-order valence-electron chi connectivity index (χ2n) is 6.57. The van der Waals surface area contributed by atoms with Crippen LogP contribution in [0.25, 0.3) is 0 Å². The van der Waals surface area contributed by atoms with Crippen molar-refractivity contribution in [3.05, 3.63) is 18.1 Å². The minimum atomic E-state index is -0.703. The van der Waals surface area contributed by atoms with Crippen LogP contribution in [0.5, 0.6) is 12.0 Å². The van der Waals surface area contributed by atoms with Crippen molar-refractivity contribution in [1.29, 1.82) is 0 Å². The molecule has 0 amide bonds. The van der Waals surface area contributed by atoms with Gasteiger partial charge in [0.2, 0.25) is 5.95 Å². The van der Waals surface area contributed by atoms with Gasteiger partial charge in [0.05, 0.1) is 14.2 Å². The van der Waals surface area contributed by atoms with Gasteiger partial charge in [-0.15, -0.1) is 4.98 Å². The number of rotatable bonds is 5. The molecule has 0 spiro atoms. The summed E-state index contributed by atoms with van der Waals surface area (Å²) in [5.74, 6) is 1.73. The van der Waals surface area contributed by atoms with Gasteiger partial charge in [0.25, 0.3) is 0 Å². The molecule has 3 atom stereocenters. The predicted octanol–water partition coefficient (Wildman–Crippen LogP) is 0.836. The van der Waals surface area contributed by atoms with Crippen molar-refractivity contribution in [2.24, 2.45) is 0 Å². The Morgan fingerprint density at radius 3 is 2.15 bits per heavy atom. The van der Waals surface area contributed by atoms with Crippen LogP contribution >= 0.6 is 0 Å². The molecule has 0 aromatic carbocycles. The summed E-state index contributed by atoms with van der Waals surface area (Å²) in [6.45, 7) is 7.29. The van der Waals surface area contributed by atoms with Crippen molar-refractivity contribution in [2.45, 2.75) is 39.0 Å². The van der Waals surface area contributed by atoms with E-state index in [9.17, 15) is 5.11 Å². The minimum absolute atomic E-state index is 0.107. The Morgan fingerprint density at radius 2 is 1.63 bits per heavy atom. The molecule has 1 aliphatic rings. The van der Waals surface area contributed by atoms with E-state index in [0.29, 0.717) is 11.8 Å². The van der Waals surface area contributed by atoms with Crippen LogP contribution in [0.4, 0.5) is 11.8 Å². The number of hydrogen-bond acceptors (Lipinski definition) is 10. The lowest BCUT2D eigenvalue weighted by Crippen LogP contribution is -2.57. The zero-order valence-corrected chi connectivity index (χ0v) is 16.2. The normalized spacial score (nSPS) is 21.1. The van der Waals surface area contributed by atoms with Crippen molar-refractivity contribution in [3.63, 3.8) is 0 Å². The number of methoxy groups -OCH3 is 2. The number of piperazine rings is 1. The summed E-state index contributed by atoms with van der Waals surface area (Å²) in [6.07, 6.45) is 0.972. The predicted molar refractivity (Wildman–Crippen MR) is 99.2 cm³/mol. The second kappa shape index (κ2) is 7.87. The van der Waals surface area contributed by atoms with Crippen LogP contribution in [0.15, 0.2) is 12.3 Å². The largest absolute Gasteiger partial charge is 0.467 e. The van der Waals surface area contributed by atoms with Crippen molar-refractivity contribution >= 4 is 11.8 Å². The summed E-state index contributed by atoms with van der Waals surface area (Å²) in [7, 11) is 3.02. The molecule has 0 bridgehead atoms. The summed E-state index contributed by atoms with van der Waals surface area (Å²) >= 11 is 0. The molecule has 1 fully saturated rings. The van der Waals surface area contributed by atoms with E-state index >= 15 is 0 Å². The molecule has 1 saturated heterocycles. The highest BCUT2D eigenvalue weighted by Gasteiger charge is 2.33. The molecule has 2 aromatic heterocycles. The fraction of sp³-hybridized carbons (Fsp3) is 0.588. The topological polar surface area (TPSA) is 110 Å². The van der Waals surface area contributed by atoms with E-state index in [2.05, 4.69) is 48.6 Å². The lowest BCUT2D eigenvalue weighted by Gasteiger charge is -2.44. The van der Waals surface area contributed by atoms with Gasteiger partial charge in [-0.3, -0.25) is 0 Å². The number of aromatic nitrogens is 5. The van der Waals surface area contributed by atoms with Gasteiger partial charge in [-0.2, -0.15) is 9.97 Å². The lowest BCUT2D eigenvalue weighted by atomic mass is 10.1. The van der Waals surface area contributed by atoms with Crippen LogP contribution in [0.1, 0.15) is 32.7 Å². The average Bonchev–Trinajstić information content (AvgIpc) is 2.67. The van der Waals surface area contributed by atoms with E-state index in [1.165, 1.54) is 14.2 Å². The molecule has 0 unspecified atom stereocenters. The summed E-state index contributed by atoms with van der Waals surface area (Å²) in [4.78, 5) is 25.7. The van der Waals surface area contributed by atoms with E-state index in [0.717, 1.165) is 18.9 Å². The van der Waals surface area contributed by atoms with E-state index < -0.39 is 6.10 Å². The maximum Gasteiger partial charge on any atom is 0.324 e. The van der Waals surface area contributed by atoms with Crippen LogP contribution < -0.4 is 19.3 Å². The molecule has 0 radical (unpaired) electrons. The number of nitrogens with zero attached hydrogens (tertiary/aromatic N) is 7. The number of aliphatic hydroxyl groups excluding tert-OH is 1. The highest BCUT2D eigenvalue weighted by Crippen LogP contribution is 2.26. The third-order valence-corrected chi connectivity index (χ3v) is 4.45. The molecule has 0 saturated carbocycles. The Bertz CT molecular complexity index is 755. The van der Waals surface area contributed by atoms with E-state index in [4.69, 9.17) is 9.47 Å². The molecule has 1 N–H and O–H groups in total. The SMILES string of the molecule is COc1nc(OC)nc(N2[C@H](C)CN(c3ccnc([C@@H](C)O)n3)C[C@@H]2C)n1. The van der Waals surface area contributed by atoms with Crippen LogP contribution in [0.2, 0.25) is 0 Å². The smallest absolute Gasteiger partial charge is 0.324 e. The van der Waals surface area contributed by atoms with Crippen LogP contribution in [-0.4, -0.2) is 69.4 Å². The third kappa shape index (κ3) is 4.00. The highest BCUT2D eigenvalue weighted by molar-refractivity contribution is 5.45. The number of aliphatic hydroxyl groups is 1. The Morgan fingerprint density at radius 1 is 1.04 bits per heavy atom. The van der Waals surface area contributed by atoms with Gasteiger partial charge in [-0.05, 0) is 26.8 Å². The molecule has 3 heterocycles. The molecule has 1 aliphatic heterocycles. The first-order valence-electron chi connectivity index (χ1n) is 8.81. The molecule has 10 heteroatoms. The number of ether oxygens (including phenoxy) is 2. The molecular formula is C17H25N7O3. The molecule has 27 heavy (non-hydrogen) atoms. The molecule has 0 aliphatic carbocycles. The lowest BCUT2D eigenvalue weighted by molar-refractivity contribution is 0.189. The molecule has 2 aromatic rings. The Labute approximate surface area is 158 Å². The van der Waals surface area contributed by atoms with Gasteiger partial charge in [0.15, 0.2) is 5.82 Å². The zero-order valence-electron chi connectivity index (χ0n) is 16.2. The second-order valence-corrected chi connectivity index (χ2v) is 6.57. The van der Waals surface area contributed by atoms with Gasteiger partial charge < -0.3 is 24.4 Å². The maximum absolute atomic E-state index is 9.74. The summed E-state index contributed by atoms with van der Waals surface area (Å²) in [5.41, 5.74) is 0. The minimum Gasteiger partial charge on any atom is -0.467 e. The fourth-order valence-electron chi connectivity index (χ4n) is 3.27. The zero-order chi connectivity index (χ0) is 19.6. The number of anilines is 2. The van der Waals surface area contributed by atoms with Crippen molar-refractivity contribution in [3.8, 4) is 12.0 Å². The summed E-state index contributed by atoms with van der Waals surface area (Å²) < 4.78 is 10.3. The van der Waals surface area contributed by atoms with E-state index in [1.807, 2.05) is 6.07 Å². The van der Waals surface area contributed by atoms with E-state index in [-0.39, 0.29) is 24.1 Å². The van der Waals surface area contributed by atoms with Crippen LogP contribution in [0.3, 0.4) is 0 Å². The van der Waals surface area contributed by atoms with Gasteiger partial charge in [-0.25, -0.2) is 9.97 Å². The fourth-order valence-corrected chi connectivity index (χ4v) is 3.27. The monoisotopic (exact) mass is 375 g/mol. The van der Waals surface area contributed by atoms with Crippen LogP contribution in [0, 0.1) is 0 Å². The first kappa shape index (κ1) is 19.0. The van der Waals surface area contributed by atoms with Crippen molar-refractivity contribution in [2.75, 3.05) is 37.1 Å². The molecule has 10 nitrogen and oxygen atoms in total. The summed E-state index contributed by atoms with van der Waals surface area (Å²) in [6, 6.07) is 2.51. The van der Waals surface area contributed by atoms with Crippen LogP contribution in [-0.2, 0) is 0 Å². The standard InChI is InChI=1S/C17H25N7O3/c1-10-8-23(13-6-7-18-14(19-13)12(3)25)9-11(2)24(10)15-20-16(26-4)22-17(21-15)27-5/h6-7,10-12,25H,8-9H2,1-5H3/t10-,11+,12-/m1/s1. The highest BCUT2D eigenvalue weighted by atomic mass is 16.5. The first-order valence-corrected chi connectivity index (χ1v) is 8.81. The first-order chi connectivity index (χ1) is 12.9. The Hall–Kier alpha value is -2.75. The van der Waals surface area contributed by atoms with Gasteiger partial charge in [0, 0.05) is 31.4 Å². The van der Waals surface area contributed by atoms with Crippen molar-refractivity contribution in [1.82, 2.24) is 24.9 Å².